The molecule has 3 N–H and O–H groups in total. The van der Waals surface area contributed by atoms with E-state index in [2.05, 4.69) is 15.6 Å². The van der Waals surface area contributed by atoms with Gasteiger partial charge in [0.25, 0.3) is 0 Å². The zero-order chi connectivity index (χ0) is 14.7. The number of hydrogen-bond acceptors (Lipinski definition) is 4. The highest BCUT2D eigenvalue weighted by Crippen LogP contribution is 2.23. The van der Waals surface area contributed by atoms with E-state index in [1.54, 1.807) is 0 Å². The van der Waals surface area contributed by atoms with Gasteiger partial charge >= 0.3 is 0 Å². The minimum atomic E-state index is 0. The van der Waals surface area contributed by atoms with Crippen molar-refractivity contribution in [3.05, 3.63) is 24.3 Å². The van der Waals surface area contributed by atoms with Crippen molar-refractivity contribution >= 4 is 29.3 Å². The second kappa shape index (κ2) is 7.56. The molecule has 0 radical (unpaired) electrons. The Morgan fingerprint density at radius 3 is 2.95 bits per heavy atom. The highest BCUT2D eigenvalue weighted by Gasteiger charge is 2.27. The van der Waals surface area contributed by atoms with Gasteiger partial charge in [0.05, 0.1) is 5.52 Å². The fourth-order valence-corrected chi connectivity index (χ4v) is 2.92. The topological polar surface area (TPSA) is 85.8 Å². The second-order valence-corrected chi connectivity index (χ2v) is 5.72. The summed E-state index contributed by atoms with van der Waals surface area (Å²) in [5, 5.41) is 11.3. The highest BCUT2D eigenvalue weighted by molar-refractivity contribution is 5.85. The summed E-state index contributed by atoms with van der Waals surface area (Å²) in [6, 6.07) is 8.08. The number of halogens is 1. The lowest BCUT2D eigenvalue weighted by molar-refractivity contribution is -0.124. The lowest BCUT2D eigenvalue weighted by atomic mass is 10.1. The predicted octanol–water partition coefficient (Wildman–Crippen LogP) is 1.49. The quantitative estimate of drug-likeness (QED) is 0.816. The third kappa shape index (κ3) is 3.75. The smallest absolute Gasteiger partial charge is 0.223 e. The molecule has 1 fully saturated rings. The Bertz CT molecular complexity index is 629. The molecule has 1 aromatic carbocycles. The van der Waals surface area contributed by atoms with E-state index in [1.165, 1.54) is 0 Å². The van der Waals surface area contributed by atoms with Crippen LogP contribution >= 0.6 is 12.4 Å². The summed E-state index contributed by atoms with van der Waals surface area (Å²) in [5.74, 6) is 0.249. The van der Waals surface area contributed by atoms with Crippen LogP contribution in [0.15, 0.2) is 24.3 Å². The van der Waals surface area contributed by atoms with Crippen LogP contribution < -0.4 is 11.1 Å². The van der Waals surface area contributed by atoms with Gasteiger partial charge in [-0.25, -0.2) is 4.68 Å². The predicted molar refractivity (Wildman–Crippen MR) is 87.7 cm³/mol. The molecule has 0 bridgehead atoms. The minimum Gasteiger partial charge on any atom is -0.356 e. The number of rotatable bonds is 5. The van der Waals surface area contributed by atoms with Gasteiger partial charge in [0.1, 0.15) is 5.52 Å². The molecule has 1 saturated carbocycles. The molecule has 2 atom stereocenters. The van der Waals surface area contributed by atoms with Crippen molar-refractivity contribution in [3.8, 4) is 0 Å². The SMILES string of the molecule is Cl.N[C@@H]1CC[C@H](C(=O)NCCCn2nnc3ccccc32)C1. The number of nitrogens with two attached hydrogens (primary N) is 1. The van der Waals surface area contributed by atoms with Crippen LogP contribution in [0, 0.1) is 5.92 Å². The van der Waals surface area contributed by atoms with E-state index < -0.39 is 0 Å². The maximum atomic E-state index is 12.0. The molecule has 120 valence electrons. The molecule has 3 rings (SSSR count). The molecule has 1 amide bonds. The van der Waals surface area contributed by atoms with E-state index in [1.807, 2.05) is 28.9 Å². The molecule has 0 aliphatic heterocycles. The highest BCUT2D eigenvalue weighted by atomic mass is 35.5. The molecular weight excluding hydrogens is 302 g/mol. The number of benzene rings is 1. The van der Waals surface area contributed by atoms with Gasteiger partial charge in [0.15, 0.2) is 0 Å². The number of amides is 1. The lowest BCUT2D eigenvalue weighted by Gasteiger charge is -2.10. The molecule has 0 unspecified atom stereocenters. The summed E-state index contributed by atoms with van der Waals surface area (Å²) in [4.78, 5) is 12.0. The van der Waals surface area contributed by atoms with Crippen LogP contribution in [0.5, 0.6) is 0 Å². The van der Waals surface area contributed by atoms with Crippen molar-refractivity contribution < 1.29 is 4.79 Å². The Hall–Kier alpha value is -1.66. The first-order valence-electron chi connectivity index (χ1n) is 7.55. The molecule has 0 spiro atoms. The maximum absolute atomic E-state index is 12.0. The lowest BCUT2D eigenvalue weighted by Crippen LogP contribution is -2.31. The first-order valence-corrected chi connectivity index (χ1v) is 7.55. The summed E-state index contributed by atoms with van der Waals surface area (Å²) in [6.07, 6.45) is 3.54. The first-order chi connectivity index (χ1) is 10.2. The largest absolute Gasteiger partial charge is 0.356 e. The van der Waals surface area contributed by atoms with Gasteiger partial charge < -0.3 is 11.1 Å². The molecule has 22 heavy (non-hydrogen) atoms. The van der Waals surface area contributed by atoms with E-state index in [0.717, 1.165) is 43.3 Å². The number of aromatic nitrogens is 3. The number of aryl methyl sites for hydroxylation is 1. The summed E-state index contributed by atoms with van der Waals surface area (Å²) < 4.78 is 1.88. The van der Waals surface area contributed by atoms with Gasteiger partial charge in [-0.3, -0.25) is 4.79 Å². The fraction of sp³-hybridized carbons (Fsp3) is 0.533. The summed E-state index contributed by atoms with van der Waals surface area (Å²) in [6.45, 7) is 1.42. The maximum Gasteiger partial charge on any atom is 0.223 e. The zero-order valence-corrected chi connectivity index (χ0v) is 13.3. The number of nitrogens with one attached hydrogen (secondary N) is 1. The van der Waals surface area contributed by atoms with Crippen LogP contribution in [-0.2, 0) is 11.3 Å². The Labute approximate surface area is 135 Å². The molecular formula is C15H22ClN5O. The van der Waals surface area contributed by atoms with E-state index in [4.69, 9.17) is 5.73 Å². The third-order valence-corrected chi connectivity index (χ3v) is 4.11. The van der Waals surface area contributed by atoms with E-state index in [9.17, 15) is 4.79 Å². The monoisotopic (exact) mass is 323 g/mol. The van der Waals surface area contributed by atoms with Crippen LogP contribution in [0.3, 0.4) is 0 Å². The summed E-state index contributed by atoms with van der Waals surface area (Å²) in [5.41, 5.74) is 7.77. The molecule has 1 aromatic heterocycles. The van der Waals surface area contributed by atoms with E-state index in [-0.39, 0.29) is 30.3 Å². The molecule has 7 heteroatoms. The summed E-state index contributed by atoms with van der Waals surface area (Å²) in [7, 11) is 0. The van der Waals surface area contributed by atoms with Crippen molar-refractivity contribution in [2.75, 3.05) is 6.54 Å². The van der Waals surface area contributed by atoms with Gasteiger partial charge in [-0.2, -0.15) is 0 Å². The van der Waals surface area contributed by atoms with Gasteiger partial charge in [0.2, 0.25) is 5.91 Å². The van der Waals surface area contributed by atoms with Gasteiger partial charge in [0, 0.05) is 25.0 Å². The van der Waals surface area contributed by atoms with Crippen molar-refractivity contribution in [2.24, 2.45) is 11.7 Å². The van der Waals surface area contributed by atoms with Gasteiger partial charge in [-0.05, 0) is 37.8 Å². The average molecular weight is 324 g/mol. The molecule has 1 heterocycles. The van der Waals surface area contributed by atoms with E-state index in [0.29, 0.717) is 6.54 Å². The van der Waals surface area contributed by atoms with Crippen LogP contribution in [0.25, 0.3) is 11.0 Å². The Morgan fingerprint density at radius 1 is 1.36 bits per heavy atom. The number of hydrogen-bond donors (Lipinski definition) is 2. The zero-order valence-electron chi connectivity index (χ0n) is 12.4. The molecule has 1 aliphatic rings. The fourth-order valence-electron chi connectivity index (χ4n) is 2.92. The van der Waals surface area contributed by atoms with Crippen molar-refractivity contribution in [1.82, 2.24) is 20.3 Å². The molecule has 2 aromatic rings. The number of nitrogens with zero attached hydrogens (tertiary/aromatic N) is 3. The number of carbonyl (C=O) groups is 1. The molecule has 1 aliphatic carbocycles. The first kappa shape index (κ1) is 16.7. The van der Waals surface area contributed by atoms with Crippen molar-refractivity contribution in [1.29, 1.82) is 0 Å². The van der Waals surface area contributed by atoms with Crippen LogP contribution in [0.4, 0.5) is 0 Å². The van der Waals surface area contributed by atoms with Crippen molar-refractivity contribution in [2.45, 2.75) is 38.3 Å². The van der Waals surface area contributed by atoms with Gasteiger partial charge in [-0.1, -0.05) is 17.3 Å². The average Bonchev–Trinajstić information content (AvgIpc) is 3.10. The number of carbonyl (C=O) groups excluding carboxylic acids is 1. The summed E-state index contributed by atoms with van der Waals surface area (Å²) >= 11 is 0. The Balaban J connectivity index is 0.00000176. The molecule has 0 saturated heterocycles. The molecule has 6 nitrogen and oxygen atoms in total. The van der Waals surface area contributed by atoms with Gasteiger partial charge in [-0.15, -0.1) is 17.5 Å². The van der Waals surface area contributed by atoms with E-state index >= 15 is 0 Å². The normalized spacial score (nSPS) is 20.8. The van der Waals surface area contributed by atoms with Crippen molar-refractivity contribution in [3.63, 3.8) is 0 Å². The van der Waals surface area contributed by atoms with Crippen LogP contribution in [0.2, 0.25) is 0 Å². The van der Waals surface area contributed by atoms with Crippen LogP contribution in [0.1, 0.15) is 25.7 Å². The Kier molecular flexibility index (Phi) is 5.74. The standard InChI is InChI=1S/C15H21N5O.ClH/c16-12-7-6-11(10-12)15(21)17-8-3-9-20-14-5-2-1-4-13(14)18-19-20;/h1-2,4-5,11-12H,3,6-10,16H2,(H,17,21);1H/t11-,12+;/m0./s1. The minimum absolute atomic E-state index is 0. The number of para-hydroxylation sites is 1. The second-order valence-electron chi connectivity index (χ2n) is 5.72. The van der Waals surface area contributed by atoms with Crippen LogP contribution in [-0.4, -0.2) is 33.5 Å². The number of fused-ring (bicyclic) bond motifs is 1. The third-order valence-electron chi connectivity index (χ3n) is 4.11. The Morgan fingerprint density at radius 2 is 2.18 bits per heavy atom.